The molecular weight excluding hydrogens is 519 g/mol. The van der Waals surface area contributed by atoms with Crippen molar-refractivity contribution in [2.75, 3.05) is 33.5 Å². The molecule has 2 N–H and O–H groups in total. The molecule has 7 nitrogen and oxygen atoms in total. The summed E-state index contributed by atoms with van der Waals surface area (Å²) in [6, 6.07) is 6.18. The number of halogens is 1. The van der Waals surface area contributed by atoms with Crippen LogP contribution in [0.25, 0.3) is 0 Å². The Bertz CT molecular complexity index is 875. The molecule has 178 valence electrons. The maximum absolute atomic E-state index is 5.94. The first-order chi connectivity index (χ1) is 15.0. The summed E-state index contributed by atoms with van der Waals surface area (Å²) in [5, 5.41) is 6.66. The maximum Gasteiger partial charge on any atom is 0.191 e. The van der Waals surface area contributed by atoms with Crippen LogP contribution in [0.5, 0.6) is 11.5 Å². The van der Waals surface area contributed by atoms with Crippen LogP contribution in [0.2, 0.25) is 0 Å². The van der Waals surface area contributed by atoms with Crippen LogP contribution in [0, 0.1) is 20.8 Å². The van der Waals surface area contributed by atoms with Crippen molar-refractivity contribution < 1.29 is 14.2 Å². The third-order valence-corrected chi connectivity index (χ3v) is 4.84. The summed E-state index contributed by atoms with van der Waals surface area (Å²) in [5.41, 5.74) is 5.18. The summed E-state index contributed by atoms with van der Waals surface area (Å²) < 4.78 is 16.8. The van der Waals surface area contributed by atoms with Gasteiger partial charge in [0.25, 0.3) is 0 Å². The van der Waals surface area contributed by atoms with Crippen LogP contribution in [-0.2, 0) is 17.8 Å². The standard InChI is InChI=1S/C24H36N4O3.HI/c1-7-25-24(28-16-21-19(5)23(29-6)18(4)14-26-21)27-15-20-10-9-17(3)13-22(20)31-12-11-30-8-2;/h9-10,13-14H,7-8,11-12,15-16H2,1-6H3,(H2,25,27,28);1H. The number of nitrogens with zero attached hydrogens (tertiary/aromatic N) is 2. The number of methoxy groups -OCH3 is 1. The predicted octanol–water partition coefficient (Wildman–Crippen LogP) is 4.30. The van der Waals surface area contributed by atoms with Crippen LogP contribution in [0.4, 0.5) is 0 Å². The van der Waals surface area contributed by atoms with Gasteiger partial charge in [-0.05, 0) is 46.2 Å². The van der Waals surface area contributed by atoms with Gasteiger partial charge in [0.2, 0.25) is 0 Å². The smallest absolute Gasteiger partial charge is 0.191 e. The summed E-state index contributed by atoms with van der Waals surface area (Å²) in [6.07, 6.45) is 1.84. The second kappa shape index (κ2) is 14.9. The van der Waals surface area contributed by atoms with Crippen molar-refractivity contribution in [3.8, 4) is 11.5 Å². The van der Waals surface area contributed by atoms with Crippen molar-refractivity contribution in [2.45, 2.75) is 47.7 Å². The molecule has 0 radical (unpaired) electrons. The topological polar surface area (TPSA) is 77.0 Å². The Morgan fingerprint density at radius 3 is 2.56 bits per heavy atom. The van der Waals surface area contributed by atoms with E-state index in [0.29, 0.717) is 32.9 Å². The number of ether oxygens (including phenoxy) is 3. The lowest BCUT2D eigenvalue weighted by atomic mass is 10.1. The SMILES string of the molecule is CCNC(=NCc1ccc(C)cc1OCCOCC)NCc1ncc(C)c(OC)c1C.I. The number of guanidine groups is 1. The van der Waals surface area contributed by atoms with Crippen LogP contribution in [0.15, 0.2) is 29.4 Å². The van der Waals surface area contributed by atoms with Gasteiger partial charge in [-0.15, -0.1) is 24.0 Å². The molecule has 0 spiro atoms. The van der Waals surface area contributed by atoms with Gasteiger partial charge < -0.3 is 24.8 Å². The number of rotatable bonds is 11. The molecule has 0 unspecified atom stereocenters. The molecule has 0 aliphatic rings. The van der Waals surface area contributed by atoms with Gasteiger partial charge in [-0.1, -0.05) is 12.1 Å². The molecule has 32 heavy (non-hydrogen) atoms. The fourth-order valence-electron chi connectivity index (χ4n) is 3.20. The fraction of sp³-hybridized carbons (Fsp3) is 0.500. The van der Waals surface area contributed by atoms with Gasteiger partial charge in [0.1, 0.15) is 18.1 Å². The Morgan fingerprint density at radius 2 is 1.88 bits per heavy atom. The number of pyridine rings is 1. The Morgan fingerprint density at radius 1 is 1.09 bits per heavy atom. The van der Waals surface area contributed by atoms with E-state index in [1.807, 2.05) is 40.0 Å². The van der Waals surface area contributed by atoms with Gasteiger partial charge in [0, 0.05) is 36.0 Å². The number of aryl methyl sites for hydroxylation is 2. The normalized spacial score (nSPS) is 11.0. The molecule has 0 bridgehead atoms. The summed E-state index contributed by atoms with van der Waals surface area (Å²) in [6.45, 7) is 13.7. The van der Waals surface area contributed by atoms with E-state index in [0.717, 1.165) is 52.0 Å². The third-order valence-electron chi connectivity index (χ3n) is 4.84. The van der Waals surface area contributed by atoms with Gasteiger partial charge >= 0.3 is 0 Å². The van der Waals surface area contributed by atoms with Crippen molar-refractivity contribution in [1.29, 1.82) is 0 Å². The molecule has 0 saturated heterocycles. The highest BCUT2D eigenvalue weighted by Gasteiger charge is 2.10. The van der Waals surface area contributed by atoms with Crippen LogP contribution >= 0.6 is 24.0 Å². The second-order valence-corrected chi connectivity index (χ2v) is 7.25. The second-order valence-electron chi connectivity index (χ2n) is 7.25. The molecule has 0 saturated carbocycles. The molecule has 2 rings (SSSR count). The molecule has 0 aliphatic heterocycles. The van der Waals surface area contributed by atoms with E-state index >= 15 is 0 Å². The quantitative estimate of drug-likeness (QED) is 0.186. The van der Waals surface area contributed by atoms with E-state index in [1.54, 1.807) is 7.11 Å². The molecule has 1 aromatic carbocycles. The number of nitrogens with one attached hydrogen (secondary N) is 2. The maximum atomic E-state index is 5.94. The van der Waals surface area contributed by atoms with Gasteiger partial charge in [0.15, 0.2) is 5.96 Å². The first kappa shape index (κ1) is 28.0. The lowest BCUT2D eigenvalue weighted by Gasteiger charge is -2.15. The molecule has 0 aliphatic carbocycles. The zero-order valence-corrected chi connectivity index (χ0v) is 22.4. The average Bonchev–Trinajstić information content (AvgIpc) is 2.75. The van der Waals surface area contributed by atoms with Crippen LogP contribution < -0.4 is 20.1 Å². The monoisotopic (exact) mass is 556 g/mol. The van der Waals surface area contributed by atoms with Crippen molar-refractivity contribution in [3.05, 3.63) is 52.3 Å². The number of benzene rings is 1. The first-order valence-electron chi connectivity index (χ1n) is 10.8. The van der Waals surface area contributed by atoms with Crippen LogP contribution in [0.3, 0.4) is 0 Å². The third kappa shape index (κ3) is 8.46. The van der Waals surface area contributed by atoms with Crippen molar-refractivity contribution >= 4 is 29.9 Å². The van der Waals surface area contributed by atoms with Gasteiger partial charge in [-0.3, -0.25) is 4.98 Å². The summed E-state index contributed by atoms with van der Waals surface area (Å²) in [4.78, 5) is 9.30. The van der Waals surface area contributed by atoms with Crippen molar-refractivity contribution in [3.63, 3.8) is 0 Å². The minimum Gasteiger partial charge on any atom is -0.496 e. The van der Waals surface area contributed by atoms with Gasteiger partial charge in [-0.2, -0.15) is 0 Å². The summed E-state index contributed by atoms with van der Waals surface area (Å²) >= 11 is 0. The number of aliphatic imine (C=N–C) groups is 1. The fourth-order valence-corrected chi connectivity index (χ4v) is 3.20. The molecule has 0 fully saturated rings. The largest absolute Gasteiger partial charge is 0.496 e. The highest BCUT2D eigenvalue weighted by atomic mass is 127. The summed E-state index contributed by atoms with van der Waals surface area (Å²) in [5.74, 6) is 2.45. The highest BCUT2D eigenvalue weighted by molar-refractivity contribution is 14.0. The van der Waals surface area contributed by atoms with E-state index < -0.39 is 0 Å². The zero-order valence-electron chi connectivity index (χ0n) is 20.1. The highest BCUT2D eigenvalue weighted by Crippen LogP contribution is 2.24. The van der Waals surface area contributed by atoms with Gasteiger partial charge in [-0.25, -0.2) is 4.99 Å². The Labute approximate surface area is 209 Å². The Balaban J connectivity index is 0.00000512. The first-order valence-corrected chi connectivity index (χ1v) is 10.8. The molecule has 2 aromatic rings. The minimum atomic E-state index is 0. The van der Waals surface area contributed by atoms with E-state index in [1.165, 1.54) is 0 Å². The number of aromatic nitrogens is 1. The molecular formula is C24H37IN4O3. The zero-order chi connectivity index (χ0) is 22.6. The molecule has 0 amide bonds. The van der Waals surface area contributed by atoms with E-state index in [4.69, 9.17) is 19.2 Å². The Hall–Kier alpha value is -2.07. The molecule has 8 heteroatoms. The van der Waals surface area contributed by atoms with E-state index in [9.17, 15) is 0 Å². The molecule has 1 aromatic heterocycles. The number of hydrogen-bond acceptors (Lipinski definition) is 5. The van der Waals surface area contributed by atoms with Crippen molar-refractivity contribution in [2.24, 2.45) is 4.99 Å². The van der Waals surface area contributed by atoms with Crippen molar-refractivity contribution in [1.82, 2.24) is 15.6 Å². The average molecular weight is 556 g/mol. The molecule has 1 heterocycles. The minimum absolute atomic E-state index is 0. The van der Waals surface area contributed by atoms with E-state index in [-0.39, 0.29) is 24.0 Å². The number of hydrogen-bond donors (Lipinski definition) is 2. The lowest BCUT2D eigenvalue weighted by molar-refractivity contribution is 0.110. The predicted molar refractivity (Wildman–Crippen MR) is 141 cm³/mol. The van der Waals surface area contributed by atoms with E-state index in [2.05, 4.69) is 34.7 Å². The van der Waals surface area contributed by atoms with Crippen LogP contribution in [-0.4, -0.2) is 44.4 Å². The van der Waals surface area contributed by atoms with Gasteiger partial charge in [0.05, 0.1) is 32.5 Å². The molecule has 0 atom stereocenters. The summed E-state index contributed by atoms with van der Waals surface area (Å²) in [7, 11) is 1.69. The van der Waals surface area contributed by atoms with Crippen LogP contribution in [0.1, 0.15) is 41.8 Å². The lowest BCUT2D eigenvalue weighted by Crippen LogP contribution is -2.37. The Kier molecular flexibility index (Phi) is 13.0.